The Morgan fingerprint density at radius 2 is 1.82 bits per heavy atom. The van der Waals surface area contributed by atoms with Crippen molar-refractivity contribution in [1.29, 1.82) is 0 Å². The van der Waals surface area contributed by atoms with Gasteiger partial charge in [-0.3, -0.25) is 4.79 Å². The van der Waals surface area contributed by atoms with E-state index in [2.05, 4.69) is 32.0 Å². The van der Waals surface area contributed by atoms with Gasteiger partial charge in [0.05, 0.1) is 28.1 Å². The van der Waals surface area contributed by atoms with Crippen LogP contribution in [0.1, 0.15) is 39.9 Å². The molecule has 0 spiro atoms. The van der Waals surface area contributed by atoms with Crippen molar-refractivity contribution < 1.29 is 22.4 Å². The Balaban J connectivity index is 1.64. The van der Waals surface area contributed by atoms with Crippen molar-refractivity contribution in [1.82, 2.24) is 14.9 Å². The molecule has 11 heteroatoms. The predicted molar refractivity (Wildman–Crippen MR) is 137 cm³/mol. The molecule has 1 atom stereocenters. The van der Waals surface area contributed by atoms with E-state index in [1.165, 1.54) is 30.6 Å². The quantitative estimate of drug-likeness (QED) is 0.387. The Hall–Kier alpha value is -4.17. The molecule has 4 rings (SSSR count). The van der Waals surface area contributed by atoms with Crippen LogP contribution in [0.5, 0.6) is 0 Å². The average Bonchev–Trinajstić information content (AvgIpc) is 2.88. The lowest BCUT2D eigenvalue weighted by molar-refractivity contribution is -0.137. The molecule has 1 aliphatic heterocycles. The summed E-state index contributed by atoms with van der Waals surface area (Å²) in [5, 5.41) is 2.51. The summed E-state index contributed by atoms with van der Waals surface area (Å²) in [6.07, 6.45) is 0.0177. The lowest BCUT2D eigenvalue weighted by Gasteiger charge is -2.38. The molecule has 0 saturated carbocycles. The lowest BCUT2D eigenvalue weighted by atomic mass is 10.0. The van der Waals surface area contributed by atoms with Gasteiger partial charge in [-0.15, -0.1) is 0 Å². The number of halogens is 4. The molecule has 1 aromatic heterocycles. The number of nitrogen functional groups attached to an aromatic ring is 1. The standard InChI is InChI=1S/C27H26F4N6O/c1-36(2)20-4-3-11-37(16-20)24-10-8-19(27(29,30)31)13-23(24)35-25(38)21-12-17(7-9-22(21)28)5-6-18-14-33-26(32)34-15-18/h7-10,12-15,20H,3-4,11,16H2,1-2H3,(H,35,38)(H2,32,33,34)/t20-/m1/s1. The minimum Gasteiger partial charge on any atom is -0.368 e. The van der Waals surface area contributed by atoms with E-state index >= 15 is 0 Å². The largest absolute Gasteiger partial charge is 0.416 e. The fourth-order valence-corrected chi connectivity index (χ4v) is 4.20. The molecule has 1 amide bonds. The number of carbonyl (C=O) groups is 1. The molecule has 2 aromatic carbocycles. The number of amides is 1. The van der Waals surface area contributed by atoms with Gasteiger partial charge in [0.15, 0.2) is 0 Å². The van der Waals surface area contributed by atoms with Crippen LogP contribution >= 0.6 is 0 Å². The van der Waals surface area contributed by atoms with Crippen LogP contribution < -0.4 is 16.0 Å². The third-order valence-electron chi connectivity index (χ3n) is 6.27. The van der Waals surface area contributed by atoms with Crippen molar-refractivity contribution in [3.8, 4) is 11.8 Å². The van der Waals surface area contributed by atoms with Crippen molar-refractivity contribution in [2.24, 2.45) is 0 Å². The zero-order chi connectivity index (χ0) is 27.4. The molecule has 7 nitrogen and oxygen atoms in total. The number of nitrogens with zero attached hydrogens (tertiary/aromatic N) is 4. The minimum absolute atomic E-state index is 0.0425. The van der Waals surface area contributed by atoms with Gasteiger partial charge in [-0.2, -0.15) is 13.2 Å². The molecule has 0 unspecified atom stereocenters. The maximum Gasteiger partial charge on any atom is 0.416 e. The monoisotopic (exact) mass is 526 g/mol. The van der Waals surface area contributed by atoms with Crippen LogP contribution in [0.25, 0.3) is 0 Å². The Kier molecular flexibility index (Phi) is 7.83. The number of likely N-dealkylation sites (N-methyl/N-ethyl adjacent to an activating group) is 1. The number of carbonyl (C=O) groups excluding carboxylic acids is 1. The molecule has 3 aromatic rings. The summed E-state index contributed by atoms with van der Waals surface area (Å²) in [5.41, 5.74) is 5.37. The number of alkyl halides is 3. The van der Waals surface area contributed by atoms with E-state index in [-0.39, 0.29) is 23.2 Å². The van der Waals surface area contributed by atoms with Gasteiger partial charge >= 0.3 is 6.18 Å². The number of benzene rings is 2. The number of nitrogens with two attached hydrogens (primary N) is 1. The van der Waals surface area contributed by atoms with E-state index in [1.54, 1.807) is 0 Å². The van der Waals surface area contributed by atoms with E-state index in [4.69, 9.17) is 5.73 Å². The van der Waals surface area contributed by atoms with Gasteiger partial charge in [0.1, 0.15) is 5.82 Å². The van der Waals surface area contributed by atoms with Crippen LogP contribution in [0.2, 0.25) is 0 Å². The van der Waals surface area contributed by atoms with Crippen molar-refractivity contribution in [3.05, 3.63) is 76.9 Å². The van der Waals surface area contributed by atoms with Gasteiger partial charge in [-0.1, -0.05) is 11.8 Å². The normalized spacial score (nSPS) is 15.7. The van der Waals surface area contributed by atoms with Gasteiger partial charge in [-0.25, -0.2) is 14.4 Å². The Morgan fingerprint density at radius 3 is 2.50 bits per heavy atom. The molecule has 3 N–H and O–H groups in total. The van der Waals surface area contributed by atoms with E-state index < -0.39 is 23.5 Å². The number of hydrogen-bond donors (Lipinski definition) is 2. The molecule has 1 aliphatic rings. The van der Waals surface area contributed by atoms with Crippen molar-refractivity contribution in [2.75, 3.05) is 43.1 Å². The zero-order valence-electron chi connectivity index (χ0n) is 20.8. The lowest BCUT2D eigenvalue weighted by Crippen LogP contribution is -2.45. The minimum atomic E-state index is -4.61. The molecule has 0 aliphatic carbocycles. The summed E-state index contributed by atoms with van der Waals surface area (Å²) in [6.45, 7) is 1.20. The highest BCUT2D eigenvalue weighted by atomic mass is 19.4. The third-order valence-corrected chi connectivity index (χ3v) is 6.27. The van der Waals surface area contributed by atoms with Crippen LogP contribution in [-0.4, -0.2) is 54.0 Å². The Labute approximate surface area is 217 Å². The molecule has 198 valence electrons. The Morgan fingerprint density at radius 1 is 1.11 bits per heavy atom. The van der Waals surface area contributed by atoms with E-state index in [9.17, 15) is 22.4 Å². The molecule has 38 heavy (non-hydrogen) atoms. The maximum atomic E-state index is 14.7. The fraction of sp³-hybridized carbons (Fsp3) is 0.296. The SMILES string of the molecule is CN(C)[C@@H]1CCCN(c2ccc(C(F)(F)F)cc2NC(=O)c2cc(C#Cc3cnc(N)nc3)ccc2F)C1. The summed E-state index contributed by atoms with van der Waals surface area (Å²) in [4.78, 5) is 24.8. The van der Waals surface area contributed by atoms with Gasteiger partial charge < -0.3 is 20.9 Å². The molecule has 0 radical (unpaired) electrons. The van der Waals surface area contributed by atoms with Crippen LogP contribution in [0.4, 0.5) is 34.9 Å². The second-order valence-electron chi connectivity index (χ2n) is 9.16. The first-order valence-corrected chi connectivity index (χ1v) is 11.8. The molecule has 1 saturated heterocycles. The maximum absolute atomic E-state index is 14.7. The first kappa shape index (κ1) is 26.9. The second-order valence-corrected chi connectivity index (χ2v) is 9.16. The van der Waals surface area contributed by atoms with Crippen LogP contribution in [-0.2, 0) is 6.18 Å². The second kappa shape index (κ2) is 11.1. The van der Waals surface area contributed by atoms with E-state index in [0.29, 0.717) is 29.9 Å². The molecule has 1 fully saturated rings. The zero-order valence-corrected chi connectivity index (χ0v) is 20.8. The summed E-state index contributed by atoms with van der Waals surface area (Å²) in [5.74, 6) is 3.96. The third kappa shape index (κ3) is 6.39. The highest BCUT2D eigenvalue weighted by Gasteiger charge is 2.32. The van der Waals surface area contributed by atoms with E-state index in [0.717, 1.165) is 31.0 Å². The van der Waals surface area contributed by atoms with E-state index in [1.807, 2.05) is 19.0 Å². The number of hydrogen-bond acceptors (Lipinski definition) is 6. The first-order valence-electron chi connectivity index (χ1n) is 11.8. The topological polar surface area (TPSA) is 87.4 Å². The summed E-state index contributed by atoms with van der Waals surface area (Å²) in [7, 11) is 3.89. The van der Waals surface area contributed by atoms with Gasteiger partial charge in [-0.05, 0) is 63.3 Å². The van der Waals surface area contributed by atoms with Crippen molar-refractivity contribution in [3.63, 3.8) is 0 Å². The number of rotatable bonds is 4. The highest BCUT2D eigenvalue weighted by Crippen LogP contribution is 2.37. The van der Waals surface area contributed by atoms with Crippen molar-refractivity contribution >= 4 is 23.2 Å². The number of piperidine rings is 1. The van der Waals surface area contributed by atoms with Crippen LogP contribution in [0.3, 0.4) is 0 Å². The van der Waals surface area contributed by atoms with Crippen LogP contribution in [0, 0.1) is 17.7 Å². The number of aromatic nitrogens is 2. The smallest absolute Gasteiger partial charge is 0.368 e. The summed E-state index contributed by atoms with van der Waals surface area (Å²) in [6, 6.07) is 7.14. The average molecular weight is 527 g/mol. The van der Waals surface area contributed by atoms with Gasteiger partial charge in [0.2, 0.25) is 5.95 Å². The fourth-order valence-electron chi connectivity index (χ4n) is 4.20. The number of anilines is 3. The summed E-state index contributed by atoms with van der Waals surface area (Å²) < 4.78 is 55.2. The molecule has 0 bridgehead atoms. The number of nitrogens with one attached hydrogen (secondary N) is 1. The predicted octanol–water partition coefficient (Wildman–Crippen LogP) is 4.40. The van der Waals surface area contributed by atoms with Crippen LogP contribution in [0.15, 0.2) is 48.8 Å². The first-order chi connectivity index (χ1) is 18.0. The Bertz CT molecular complexity index is 1380. The van der Waals surface area contributed by atoms with Gasteiger partial charge in [0.25, 0.3) is 5.91 Å². The molecular formula is C27H26F4N6O. The van der Waals surface area contributed by atoms with Crippen molar-refractivity contribution in [2.45, 2.75) is 25.1 Å². The molecule has 2 heterocycles. The van der Waals surface area contributed by atoms with Gasteiger partial charge in [0, 0.05) is 37.1 Å². The summed E-state index contributed by atoms with van der Waals surface area (Å²) >= 11 is 0. The highest BCUT2D eigenvalue weighted by molar-refractivity contribution is 6.06. The molecular weight excluding hydrogens is 500 g/mol.